The van der Waals surface area contributed by atoms with Crippen molar-refractivity contribution in [2.24, 2.45) is 5.73 Å². The molecule has 1 fully saturated rings. The van der Waals surface area contributed by atoms with E-state index in [4.69, 9.17) is 5.73 Å². The van der Waals surface area contributed by atoms with E-state index >= 15 is 0 Å². The van der Waals surface area contributed by atoms with Crippen molar-refractivity contribution in [2.45, 2.75) is 57.0 Å². The number of fused-ring (bicyclic) bond motifs is 1. The van der Waals surface area contributed by atoms with Crippen LogP contribution in [0.5, 0.6) is 0 Å². The van der Waals surface area contributed by atoms with Crippen molar-refractivity contribution in [1.82, 2.24) is 10.2 Å². The van der Waals surface area contributed by atoms with Gasteiger partial charge in [-0.2, -0.15) is 0 Å². The Morgan fingerprint density at radius 1 is 1.12 bits per heavy atom. The van der Waals surface area contributed by atoms with Gasteiger partial charge < -0.3 is 15.9 Å². The van der Waals surface area contributed by atoms with Gasteiger partial charge in [0.2, 0.25) is 0 Å². The Morgan fingerprint density at radius 2 is 1.92 bits per heavy atom. The number of aliphatic hydroxyl groups is 2. The zero-order valence-electron chi connectivity index (χ0n) is 14.1. The monoisotopic (exact) mass is 347 g/mol. The second-order valence-electron chi connectivity index (χ2n) is 6.69. The number of piperidine rings is 1. The molecule has 7 nitrogen and oxygen atoms in total. The number of nitrogens with two attached hydrogens (primary N) is 1. The predicted molar refractivity (Wildman–Crippen MR) is 91.7 cm³/mol. The number of nitrogens with one attached hydrogen (secondary N) is 1. The van der Waals surface area contributed by atoms with Crippen molar-refractivity contribution >= 4 is 11.8 Å². The molecular weight excluding hydrogens is 322 g/mol. The molecule has 3 unspecified atom stereocenters. The first kappa shape index (κ1) is 18.0. The quantitative estimate of drug-likeness (QED) is 0.436. The number of hydrogen-bond donors (Lipinski definition) is 4. The van der Waals surface area contributed by atoms with E-state index in [0.717, 1.165) is 36.1 Å². The summed E-state index contributed by atoms with van der Waals surface area (Å²) in [6.07, 6.45) is 2.35. The Kier molecular flexibility index (Phi) is 5.48. The fourth-order valence-corrected chi connectivity index (χ4v) is 3.67. The minimum absolute atomic E-state index is 0.350. The van der Waals surface area contributed by atoms with Gasteiger partial charge in [0.05, 0.1) is 17.2 Å². The van der Waals surface area contributed by atoms with Gasteiger partial charge in [0, 0.05) is 0 Å². The number of aryl methyl sites for hydroxylation is 1. The maximum absolute atomic E-state index is 12.9. The molecule has 3 atom stereocenters. The van der Waals surface area contributed by atoms with E-state index in [-0.39, 0.29) is 11.8 Å². The van der Waals surface area contributed by atoms with Crippen molar-refractivity contribution in [3.63, 3.8) is 0 Å². The lowest BCUT2D eigenvalue weighted by Gasteiger charge is -2.36. The number of hydrogen-bond acceptors (Lipinski definition) is 6. The van der Waals surface area contributed by atoms with E-state index in [2.05, 4.69) is 5.32 Å². The van der Waals surface area contributed by atoms with E-state index in [0.29, 0.717) is 30.5 Å². The summed E-state index contributed by atoms with van der Waals surface area (Å²) < 4.78 is 0. The van der Waals surface area contributed by atoms with Gasteiger partial charge in [-0.15, -0.1) is 0 Å². The second kappa shape index (κ2) is 7.61. The lowest BCUT2D eigenvalue weighted by molar-refractivity contribution is -0.0413. The summed E-state index contributed by atoms with van der Waals surface area (Å²) in [4.78, 5) is 26.8. The molecule has 2 amide bonds. The number of benzene rings is 1. The number of unbranched alkanes of at least 4 members (excludes halogenated alkanes) is 2. The summed E-state index contributed by atoms with van der Waals surface area (Å²) in [5, 5.41) is 22.3. The van der Waals surface area contributed by atoms with Crippen LogP contribution in [0.2, 0.25) is 0 Å². The Hall–Kier alpha value is -1.80. The number of amides is 2. The second-order valence-corrected chi connectivity index (χ2v) is 6.69. The predicted octanol–water partition coefficient (Wildman–Crippen LogP) is 0.343. The maximum Gasteiger partial charge on any atom is 0.262 e. The van der Waals surface area contributed by atoms with Crippen LogP contribution < -0.4 is 11.1 Å². The highest BCUT2D eigenvalue weighted by atomic mass is 16.3. The highest BCUT2D eigenvalue weighted by molar-refractivity contribution is 6.22. The molecule has 25 heavy (non-hydrogen) atoms. The van der Waals surface area contributed by atoms with Crippen LogP contribution in [0.1, 0.15) is 58.4 Å². The zero-order valence-corrected chi connectivity index (χ0v) is 14.1. The summed E-state index contributed by atoms with van der Waals surface area (Å²) in [6, 6.07) is 4.68. The molecule has 0 aromatic heterocycles. The molecule has 2 aliphatic rings. The number of nitrogens with zero attached hydrogens (tertiary/aromatic N) is 1. The molecule has 7 heteroatoms. The van der Waals surface area contributed by atoms with Gasteiger partial charge in [-0.3, -0.25) is 19.8 Å². The molecule has 0 spiro atoms. The Morgan fingerprint density at radius 3 is 2.64 bits per heavy atom. The lowest BCUT2D eigenvalue weighted by atomic mass is 9.98. The Bertz CT molecular complexity index is 664. The normalized spacial score (nSPS) is 26.2. The summed E-state index contributed by atoms with van der Waals surface area (Å²) in [7, 11) is 0. The van der Waals surface area contributed by atoms with Crippen LogP contribution in [0.3, 0.4) is 0 Å². The molecule has 0 bridgehead atoms. The third-order valence-corrected chi connectivity index (χ3v) is 4.98. The minimum atomic E-state index is -1.13. The van der Waals surface area contributed by atoms with E-state index in [1.807, 2.05) is 6.07 Å². The molecular formula is C18H25N3O4. The summed E-state index contributed by atoms with van der Waals surface area (Å²) in [5.41, 5.74) is 7.24. The fourth-order valence-electron chi connectivity index (χ4n) is 3.67. The molecule has 1 aromatic rings. The molecule has 0 radical (unpaired) electrons. The first-order valence-corrected chi connectivity index (χ1v) is 8.86. The van der Waals surface area contributed by atoms with Crippen LogP contribution >= 0.6 is 0 Å². The van der Waals surface area contributed by atoms with Crippen molar-refractivity contribution in [3.8, 4) is 0 Å². The van der Waals surface area contributed by atoms with Crippen molar-refractivity contribution < 1.29 is 19.8 Å². The summed E-state index contributed by atoms with van der Waals surface area (Å²) in [5.74, 6) is -0.720. The Balaban J connectivity index is 1.81. The van der Waals surface area contributed by atoms with Crippen LogP contribution in [0.15, 0.2) is 18.2 Å². The molecule has 136 valence electrons. The maximum atomic E-state index is 12.9. The van der Waals surface area contributed by atoms with Gasteiger partial charge >= 0.3 is 0 Å². The van der Waals surface area contributed by atoms with Crippen LogP contribution in [-0.4, -0.2) is 52.0 Å². The average Bonchev–Trinajstić information content (AvgIpc) is 2.84. The van der Waals surface area contributed by atoms with Crippen molar-refractivity contribution in [3.05, 3.63) is 34.9 Å². The van der Waals surface area contributed by atoms with Gasteiger partial charge in [-0.1, -0.05) is 18.6 Å². The van der Waals surface area contributed by atoms with E-state index < -0.39 is 18.5 Å². The van der Waals surface area contributed by atoms with Gasteiger partial charge in [0.1, 0.15) is 12.5 Å². The van der Waals surface area contributed by atoms with Crippen LogP contribution in [0, 0.1) is 0 Å². The smallest absolute Gasteiger partial charge is 0.262 e. The van der Waals surface area contributed by atoms with Gasteiger partial charge in [-0.25, -0.2) is 0 Å². The van der Waals surface area contributed by atoms with Crippen molar-refractivity contribution in [1.29, 1.82) is 0 Å². The highest BCUT2D eigenvalue weighted by Gasteiger charge is 2.45. The van der Waals surface area contributed by atoms with Gasteiger partial charge in [0.25, 0.3) is 11.8 Å². The fraction of sp³-hybridized carbons (Fsp3) is 0.556. The van der Waals surface area contributed by atoms with Gasteiger partial charge in [-0.05, 0) is 50.3 Å². The number of rotatable bonds is 6. The number of carbonyl (C=O) groups excluding carboxylic acids is 2. The van der Waals surface area contributed by atoms with Crippen molar-refractivity contribution in [2.75, 3.05) is 6.54 Å². The molecule has 1 saturated heterocycles. The zero-order chi connectivity index (χ0) is 18.0. The van der Waals surface area contributed by atoms with Crippen LogP contribution in [0.25, 0.3) is 0 Å². The molecule has 1 aromatic carbocycles. The van der Waals surface area contributed by atoms with Crippen LogP contribution in [0.4, 0.5) is 0 Å². The topological polar surface area (TPSA) is 116 Å². The number of aliphatic hydroxyl groups excluding tert-OH is 2. The molecule has 5 N–H and O–H groups in total. The van der Waals surface area contributed by atoms with Gasteiger partial charge in [0.15, 0.2) is 0 Å². The number of imide groups is 1. The summed E-state index contributed by atoms with van der Waals surface area (Å²) in [6.45, 7) is 0.649. The summed E-state index contributed by atoms with van der Waals surface area (Å²) >= 11 is 0. The molecule has 0 saturated carbocycles. The van der Waals surface area contributed by atoms with E-state index in [9.17, 15) is 19.8 Å². The lowest BCUT2D eigenvalue weighted by Crippen LogP contribution is -2.58. The van der Waals surface area contributed by atoms with Crippen LogP contribution in [-0.2, 0) is 6.42 Å². The average molecular weight is 347 g/mol. The third-order valence-electron chi connectivity index (χ3n) is 4.98. The SMILES string of the molecule is NCCCCCc1cccc2c1C(=O)N(C1CCC(O)NC1O)C2=O. The number of carbonyl (C=O) groups is 2. The first-order valence-electron chi connectivity index (χ1n) is 8.86. The Labute approximate surface area is 146 Å². The third kappa shape index (κ3) is 3.46. The highest BCUT2D eigenvalue weighted by Crippen LogP contribution is 2.31. The van der Waals surface area contributed by atoms with E-state index in [1.165, 1.54) is 0 Å². The molecule has 2 aliphatic heterocycles. The standard InChI is InChI=1S/C18H25N3O4/c19-10-3-1-2-5-11-6-4-7-12-15(11)18(25)21(17(12)24)13-8-9-14(22)20-16(13)23/h4,6-7,13-14,16,20,22-23H,1-3,5,8-10,19H2. The molecule has 0 aliphatic carbocycles. The first-order chi connectivity index (χ1) is 12.0. The van der Waals surface area contributed by atoms with E-state index in [1.54, 1.807) is 12.1 Å². The molecule has 2 heterocycles. The minimum Gasteiger partial charge on any atom is -0.379 e. The molecule has 3 rings (SSSR count). The largest absolute Gasteiger partial charge is 0.379 e.